The summed E-state index contributed by atoms with van der Waals surface area (Å²) in [7, 11) is 0. The first kappa shape index (κ1) is 23.2. The number of benzene rings is 2. The van der Waals surface area contributed by atoms with E-state index in [2.05, 4.69) is 19.1 Å². The average molecular weight is 425 g/mol. The van der Waals surface area contributed by atoms with Gasteiger partial charge in [0, 0.05) is 11.3 Å². The topological polar surface area (TPSA) is 18.5 Å². The van der Waals surface area contributed by atoms with Gasteiger partial charge in [-0.25, -0.2) is 0 Å². The summed E-state index contributed by atoms with van der Waals surface area (Å²) in [5, 5.41) is 2.77. The third-order valence-corrected chi connectivity index (χ3v) is 5.60. The van der Waals surface area contributed by atoms with Crippen LogP contribution in [0.4, 0.5) is 0 Å². The second-order valence-corrected chi connectivity index (χ2v) is 8.08. The van der Waals surface area contributed by atoms with Crippen LogP contribution in [0.2, 0.25) is 5.02 Å². The summed E-state index contributed by atoms with van der Waals surface area (Å²) in [6, 6.07) is 10.1. The molecule has 0 fully saturated rings. The van der Waals surface area contributed by atoms with Gasteiger partial charge >= 0.3 is 0 Å². The van der Waals surface area contributed by atoms with E-state index in [1.807, 2.05) is 18.2 Å². The van der Waals surface area contributed by atoms with Crippen molar-refractivity contribution >= 4 is 34.0 Å². The van der Waals surface area contributed by atoms with Gasteiger partial charge in [0.05, 0.1) is 18.2 Å². The third kappa shape index (κ3) is 8.09. The van der Waals surface area contributed by atoms with E-state index >= 15 is 0 Å². The average Bonchev–Trinajstić information content (AvgIpc) is 2.71. The van der Waals surface area contributed by atoms with E-state index in [4.69, 9.17) is 32.7 Å². The van der Waals surface area contributed by atoms with Crippen LogP contribution in [0.5, 0.6) is 11.5 Å². The van der Waals surface area contributed by atoms with Crippen LogP contribution in [-0.4, -0.2) is 19.1 Å². The van der Waals surface area contributed by atoms with Gasteiger partial charge in [-0.3, -0.25) is 0 Å². The highest BCUT2D eigenvalue weighted by atomic mass is 35.5. The van der Waals surface area contributed by atoms with Crippen LogP contribution < -0.4 is 9.47 Å². The van der Waals surface area contributed by atoms with Gasteiger partial charge in [-0.1, -0.05) is 69.5 Å². The lowest BCUT2D eigenvalue weighted by Crippen LogP contribution is -1.99. The van der Waals surface area contributed by atoms with Crippen LogP contribution in [0.1, 0.15) is 71.1 Å². The molecule has 0 aromatic heterocycles. The van der Waals surface area contributed by atoms with Crippen molar-refractivity contribution in [1.29, 1.82) is 0 Å². The molecular formula is C24H34Cl2O2. The Balaban J connectivity index is 1.80. The van der Waals surface area contributed by atoms with Gasteiger partial charge in [0.15, 0.2) is 0 Å². The van der Waals surface area contributed by atoms with Crippen LogP contribution in [0.25, 0.3) is 10.8 Å². The van der Waals surface area contributed by atoms with Crippen LogP contribution in [0.15, 0.2) is 30.3 Å². The van der Waals surface area contributed by atoms with Crippen molar-refractivity contribution in [1.82, 2.24) is 0 Å². The zero-order valence-corrected chi connectivity index (χ0v) is 18.7. The summed E-state index contributed by atoms with van der Waals surface area (Å²) in [5.41, 5.74) is 0. The van der Waals surface area contributed by atoms with Crippen LogP contribution in [0.3, 0.4) is 0 Å². The number of alkyl halides is 1. The Hall–Kier alpha value is -1.12. The van der Waals surface area contributed by atoms with Crippen molar-refractivity contribution in [3.63, 3.8) is 0 Å². The molecule has 0 radical (unpaired) electrons. The van der Waals surface area contributed by atoms with E-state index in [1.165, 1.54) is 32.1 Å². The summed E-state index contributed by atoms with van der Waals surface area (Å²) >= 11 is 12.3. The fourth-order valence-electron chi connectivity index (χ4n) is 3.26. The predicted octanol–water partition coefficient (Wildman–Crippen LogP) is 8.41. The molecule has 0 aliphatic rings. The number of halogens is 2. The van der Waals surface area contributed by atoms with E-state index in [0.717, 1.165) is 66.9 Å². The van der Waals surface area contributed by atoms with Crippen LogP contribution in [0, 0.1) is 0 Å². The summed E-state index contributed by atoms with van der Waals surface area (Å²) in [6.45, 7) is 3.71. The standard InChI is InChI=1S/C24H34Cl2O2/c1-2-3-4-5-7-10-17-27-21-13-14-22-20(19-21)12-15-23(24(22)26)28-18-11-8-6-9-16-25/h12-15,19H,2-11,16-18H2,1H3. The van der Waals surface area contributed by atoms with Crippen molar-refractivity contribution in [2.75, 3.05) is 19.1 Å². The molecule has 0 heterocycles. The molecule has 2 nitrogen and oxygen atoms in total. The molecule has 0 unspecified atom stereocenters. The second-order valence-electron chi connectivity index (χ2n) is 7.33. The van der Waals surface area contributed by atoms with Crippen molar-refractivity contribution in [2.45, 2.75) is 71.1 Å². The quantitative estimate of drug-likeness (QED) is 0.211. The Labute approximate surface area is 180 Å². The fraction of sp³-hybridized carbons (Fsp3) is 0.583. The van der Waals surface area contributed by atoms with Gasteiger partial charge in [0.25, 0.3) is 0 Å². The zero-order chi connectivity index (χ0) is 20.0. The Morgan fingerprint density at radius 1 is 0.750 bits per heavy atom. The van der Waals surface area contributed by atoms with Crippen molar-refractivity contribution in [3.05, 3.63) is 35.4 Å². The minimum atomic E-state index is 0.681. The first-order chi connectivity index (χ1) is 13.8. The van der Waals surface area contributed by atoms with E-state index in [9.17, 15) is 0 Å². The highest BCUT2D eigenvalue weighted by Gasteiger charge is 2.08. The van der Waals surface area contributed by atoms with Crippen LogP contribution in [-0.2, 0) is 0 Å². The molecule has 0 saturated heterocycles. The minimum absolute atomic E-state index is 0.681. The molecule has 0 bridgehead atoms. The lowest BCUT2D eigenvalue weighted by atomic mass is 10.1. The largest absolute Gasteiger partial charge is 0.494 e. The molecule has 0 N–H and O–H groups in total. The molecule has 0 aliphatic carbocycles. The molecule has 156 valence electrons. The molecule has 0 amide bonds. The van der Waals surface area contributed by atoms with Crippen LogP contribution >= 0.6 is 23.2 Å². The van der Waals surface area contributed by atoms with Gasteiger partial charge in [0.2, 0.25) is 0 Å². The molecule has 4 heteroatoms. The minimum Gasteiger partial charge on any atom is -0.494 e. The van der Waals surface area contributed by atoms with Gasteiger partial charge < -0.3 is 9.47 Å². The monoisotopic (exact) mass is 424 g/mol. The van der Waals surface area contributed by atoms with Crippen molar-refractivity contribution in [2.24, 2.45) is 0 Å². The molecular weight excluding hydrogens is 391 g/mol. The maximum atomic E-state index is 6.56. The SMILES string of the molecule is CCCCCCCCOc1ccc2c(Cl)c(OCCCCCCCl)ccc2c1. The van der Waals surface area contributed by atoms with Gasteiger partial charge in [-0.2, -0.15) is 0 Å². The number of ether oxygens (including phenoxy) is 2. The molecule has 0 spiro atoms. The number of hydrogen-bond donors (Lipinski definition) is 0. The summed E-state index contributed by atoms with van der Waals surface area (Å²) in [4.78, 5) is 0. The van der Waals surface area contributed by atoms with Crippen molar-refractivity contribution in [3.8, 4) is 11.5 Å². The number of unbranched alkanes of at least 4 members (excludes halogenated alkanes) is 8. The molecule has 2 aromatic rings. The van der Waals surface area contributed by atoms with E-state index in [0.29, 0.717) is 11.6 Å². The molecule has 0 atom stereocenters. The zero-order valence-electron chi connectivity index (χ0n) is 17.2. The Bertz CT molecular complexity index is 688. The fourth-order valence-corrected chi connectivity index (χ4v) is 3.73. The third-order valence-electron chi connectivity index (χ3n) is 4.94. The maximum Gasteiger partial charge on any atom is 0.138 e. The predicted molar refractivity (Wildman–Crippen MR) is 123 cm³/mol. The molecule has 2 aromatic carbocycles. The molecule has 0 aliphatic heterocycles. The summed E-state index contributed by atoms with van der Waals surface area (Å²) in [5.74, 6) is 2.40. The van der Waals surface area contributed by atoms with E-state index in [1.54, 1.807) is 0 Å². The lowest BCUT2D eigenvalue weighted by molar-refractivity contribution is 0.304. The Morgan fingerprint density at radius 2 is 1.43 bits per heavy atom. The van der Waals surface area contributed by atoms with E-state index in [-0.39, 0.29) is 0 Å². The van der Waals surface area contributed by atoms with Gasteiger partial charge in [-0.15, -0.1) is 11.6 Å². The van der Waals surface area contributed by atoms with Gasteiger partial charge in [-0.05, 0) is 48.9 Å². The molecule has 0 saturated carbocycles. The normalized spacial score (nSPS) is 11.1. The van der Waals surface area contributed by atoms with E-state index < -0.39 is 0 Å². The Kier molecular flexibility index (Phi) is 11.5. The smallest absolute Gasteiger partial charge is 0.138 e. The summed E-state index contributed by atoms with van der Waals surface area (Å²) in [6.07, 6.45) is 12.0. The number of rotatable bonds is 15. The molecule has 28 heavy (non-hydrogen) atoms. The first-order valence-electron chi connectivity index (χ1n) is 10.8. The number of fused-ring (bicyclic) bond motifs is 1. The van der Waals surface area contributed by atoms with Gasteiger partial charge in [0.1, 0.15) is 11.5 Å². The second kappa shape index (κ2) is 14.0. The highest BCUT2D eigenvalue weighted by Crippen LogP contribution is 2.34. The maximum absolute atomic E-state index is 6.56. The first-order valence-corrected chi connectivity index (χ1v) is 11.7. The lowest BCUT2D eigenvalue weighted by Gasteiger charge is -2.12. The highest BCUT2D eigenvalue weighted by molar-refractivity contribution is 6.37. The Morgan fingerprint density at radius 3 is 2.18 bits per heavy atom. The molecule has 2 rings (SSSR count). The van der Waals surface area contributed by atoms with Crippen molar-refractivity contribution < 1.29 is 9.47 Å². The summed E-state index contributed by atoms with van der Waals surface area (Å²) < 4.78 is 11.8. The number of hydrogen-bond acceptors (Lipinski definition) is 2.